The van der Waals surface area contributed by atoms with Crippen molar-refractivity contribution in [2.24, 2.45) is 7.05 Å². The molecule has 0 unspecified atom stereocenters. The number of aryl methyl sites for hydroxylation is 1. The minimum Gasteiger partial charge on any atom is -0.342 e. The number of imidazole rings is 1. The summed E-state index contributed by atoms with van der Waals surface area (Å²) in [6.07, 6.45) is 7.44. The molecule has 2 aromatic rings. The van der Waals surface area contributed by atoms with Crippen LogP contribution in [-0.2, 0) is 13.6 Å². The standard InChI is InChI=1S/C18H28N6O2/c1-21-15-14(16(25)20-18(21)26)24(13-12-22-8-4-2-5-9-22)17(19-15)23-10-6-3-7-11-23/h2-13H2,1H3,(H,20,25,26)/p+1. The molecule has 0 amide bonds. The van der Waals surface area contributed by atoms with E-state index in [1.54, 1.807) is 11.9 Å². The molecule has 26 heavy (non-hydrogen) atoms. The second-order valence-corrected chi connectivity index (χ2v) is 7.66. The lowest BCUT2D eigenvalue weighted by atomic mass is 10.1. The molecule has 4 rings (SSSR count). The normalized spacial score (nSPS) is 19.3. The van der Waals surface area contributed by atoms with Crippen molar-refractivity contribution in [1.29, 1.82) is 0 Å². The highest BCUT2D eigenvalue weighted by atomic mass is 16.2. The number of nitrogens with one attached hydrogen (secondary N) is 2. The number of aromatic amines is 1. The van der Waals surface area contributed by atoms with E-state index in [4.69, 9.17) is 4.98 Å². The van der Waals surface area contributed by atoms with E-state index in [0.717, 1.165) is 45.0 Å². The summed E-state index contributed by atoms with van der Waals surface area (Å²) >= 11 is 0. The van der Waals surface area contributed by atoms with Crippen LogP contribution in [0.3, 0.4) is 0 Å². The first-order chi connectivity index (χ1) is 12.6. The Kier molecular flexibility index (Phi) is 4.84. The molecule has 0 spiro atoms. The van der Waals surface area contributed by atoms with Gasteiger partial charge in [-0.2, -0.15) is 4.98 Å². The van der Waals surface area contributed by atoms with Crippen LogP contribution in [0.25, 0.3) is 11.2 Å². The number of rotatable bonds is 4. The predicted octanol–water partition coefficient (Wildman–Crippen LogP) is -0.518. The molecule has 142 valence electrons. The van der Waals surface area contributed by atoms with E-state index in [9.17, 15) is 9.59 Å². The molecule has 0 aromatic carbocycles. The fourth-order valence-electron chi connectivity index (χ4n) is 4.34. The van der Waals surface area contributed by atoms with Crippen LogP contribution in [0.4, 0.5) is 5.95 Å². The van der Waals surface area contributed by atoms with E-state index in [1.807, 2.05) is 0 Å². The van der Waals surface area contributed by atoms with Crippen molar-refractivity contribution in [3.05, 3.63) is 20.8 Å². The Hall–Kier alpha value is -2.09. The topological polar surface area (TPSA) is 80.4 Å². The number of anilines is 1. The smallest absolute Gasteiger partial charge is 0.329 e. The number of piperidine rings is 2. The lowest BCUT2D eigenvalue weighted by Crippen LogP contribution is -3.13. The van der Waals surface area contributed by atoms with E-state index >= 15 is 0 Å². The SMILES string of the molecule is Cn1c(=O)[nH]c(=O)c2c1nc(N1CCCCC1)n2CC[NH+]1CCCCC1. The first-order valence-corrected chi connectivity index (χ1v) is 9.93. The molecule has 2 aromatic heterocycles. The highest BCUT2D eigenvalue weighted by Gasteiger charge is 2.24. The third-order valence-electron chi connectivity index (χ3n) is 5.88. The van der Waals surface area contributed by atoms with Crippen molar-refractivity contribution in [1.82, 2.24) is 19.1 Å². The number of H-pyrrole nitrogens is 1. The van der Waals surface area contributed by atoms with Gasteiger partial charge in [-0.05, 0) is 38.5 Å². The van der Waals surface area contributed by atoms with Gasteiger partial charge in [0.05, 0.1) is 26.2 Å². The van der Waals surface area contributed by atoms with Crippen molar-refractivity contribution < 1.29 is 4.90 Å². The molecule has 0 saturated carbocycles. The minimum atomic E-state index is -0.404. The van der Waals surface area contributed by atoms with E-state index in [1.165, 1.54) is 43.3 Å². The van der Waals surface area contributed by atoms with E-state index < -0.39 is 5.69 Å². The Morgan fingerprint density at radius 2 is 1.73 bits per heavy atom. The molecule has 8 nitrogen and oxygen atoms in total. The van der Waals surface area contributed by atoms with Crippen LogP contribution >= 0.6 is 0 Å². The molecule has 2 fully saturated rings. The molecule has 0 aliphatic carbocycles. The molecule has 0 atom stereocenters. The first kappa shape index (κ1) is 17.3. The quantitative estimate of drug-likeness (QED) is 0.768. The van der Waals surface area contributed by atoms with Gasteiger partial charge < -0.3 is 9.80 Å². The monoisotopic (exact) mass is 361 g/mol. The summed E-state index contributed by atoms with van der Waals surface area (Å²) in [4.78, 5) is 35.6. The third kappa shape index (κ3) is 3.18. The predicted molar refractivity (Wildman–Crippen MR) is 101 cm³/mol. The molecular formula is C18H29N6O2+. The van der Waals surface area contributed by atoms with Gasteiger partial charge in [-0.1, -0.05) is 0 Å². The summed E-state index contributed by atoms with van der Waals surface area (Å²) in [7, 11) is 1.67. The maximum atomic E-state index is 12.6. The molecule has 2 aliphatic rings. The summed E-state index contributed by atoms with van der Waals surface area (Å²) in [6, 6.07) is 0. The summed E-state index contributed by atoms with van der Waals surface area (Å²) in [6.45, 7) is 6.10. The van der Waals surface area contributed by atoms with Crippen LogP contribution in [-0.4, -0.2) is 51.8 Å². The van der Waals surface area contributed by atoms with Gasteiger partial charge in [0.1, 0.15) is 0 Å². The van der Waals surface area contributed by atoms with Crippen molar-refractivity contribution >= 4 is 17.1 Å². The Bertz CT molecular complexity index is 883. The Balaban J connectivity index is 1.75. The van der Waals surface area contributed by atoms with Gasteiger partial charge in [-0.3, -0.25) is 18.9 Å². The van der Waals surface area contributed by atoms with Gasteiger partial charge in [0.15, 0.2) is 11.2 Å². The van der Waals surface area contributed by atoms with E-state index in [-0.39, 0.29) is 5.56 Å². The largest absolute Gasteiger partial charge is 0.342 e. The number of quaternary nitrogens is 1. The maximum absolute atomic E-state index is 12.6. The van der Waals surface area contributed by atoms with E-state index in [2.05, 4.69) is 14.5 Å². The Labute approximate surface area is 152 Å². The van der Waals surface area contributed by atoms with Crippen LogP contribution in [0.1, 0.15) is 38.5 Å². The molecule has 4 heterocycles. The molecular weight excluding hydrogens is 332 g/mol. The van der Waals surface area contributed by atoms with Crippen LogP contribution in [0, 0.1) is 0 Å². The Morgan fingerprint density at radius 3 is 2.46 bits per heavy atom. The summed E-state index contributed by atoms with van der Waals surface area (Å²) in [5.41, 5.74) is 0.295. The number of hydrogen-bond acceptors (Lipinski definition) is 4. The fraction of sp³-hybridized carbons (Fsp3) is 0.722. The van der Waals surface area contributed by atoms with Crippen molar-refractivity contribution in [2.45, 2.75) is 45.1 Å². The lowest BCUT2D eigenvalue weighted by Gasteiger charge is -2.29. The lowest BCUT2D eigenvalue weighted by molar-refractivity contribution is -0.905. The highest BCUT2D eigenvalue weighted by Crippen LogP contribution is 2.22. The maximum Gasteiger partial charge on any atom is 0.329 e. The molecule has 2 N–H and O–H groups in total. The van der Waals surface area contributed by atoms with Crippen LogP contribution in [0.2, 0.25) is 0 Å². The number of hydrogen-bond donors (Lipinski definition) is 2. The van der Waals surface area contributed by atoms with E-state index in [0.29, 0.717) is 11.2 Å². The molecule has 0 radical (unpaired) electrons. The molecule has 2 aliphatic heterocycles. The molecule has 0 bridgehead atoms. The second kappa shape index (κ2) is 7.26. The Morgan fingerprint density at radius 1 is 1.04 bits per heavy atom. The highest BCUT2D eigenvalue weighted by molar-refractivity contribution is 5.74. The average molecular weight is 361 g/mol. The summed E-state index contributed by atoms with van der Waals surface area (Å²) in [5.74, 6) is 0.850. The number of nitrogens with zero attached hydrogens (tertiary/aromatic N) is 4. The van der Waals surface area contributed by atoms with Gasteiger partial charge in [-0.15, -0.1) is 0 Å². The zero-order chi connectivity index (χ0) is 18.1. The second-order valence-electron chi connectivity index (χ2n) is 7.66. The number of likely N-dealkylation sites (tertiary alicyclic amines) is 1. The van der Waals surface area contributed by atoms with Gasteiger partial charge >= 0.3 is 5.69 Å². The van der Waals surface area contributed by atoms with Crippen LogP contribution < -0.4 is 21.0 Å². The van der Waals surface area contributed by atoms with Crippen molar-refractivity contribution in [2.75, 3.05) is 37.6 Å². The zero-order valence-electron chi connectivity index (χ0n) is 15.6. The molecule has 2 saturated heterocycles. The fourth-order valence-corrected chi connectivity index (χ4v) is 4.34. The minimum absolute atomic E-state index is 0.326. The van der Waals surface area contributed by atoms with Gasteiger partial charge in [-0.25, -0.2) is 4.79 Å². The average Bonchev–Trinajstić information content (AvgIpc) is 3.06. The van der Waals surface area contributed by atoms with Crippen molar-refractivity contribution in [3.8, 4) is 0 Å². The number of fused-ring (bicyclic) bond motifs is 1. The van der Waals surface area contributed by atoms with Gasteiger partial charge in [0.2, 0.25) is 5.95 Å². The first-order valence-electron chi connectivity index (χ1n) is 9.93. The van der Waals surface area contributed by atoms with Gasteiger partial charge in [0, 0.05) is 20.1 Å². The van der Waals surface area contributed by atoms with Crippen molar-refractivity contribution in [3.63, 3.8) is 0 Å². The summed E-state index contributed by atoms with van der Waals surface area (Å²) < 4.78 is 3.51. The van der Waals surface area contributed by atoms with Crippen LogP contribution in [0.5, 0.6) is 0 Å². The third-order valence-corrected chi connectivity index (χ3v) is 5.88. The zero-order valence-corrected chi connectivity index (χ0v) is 15.6. The number of aromatic nitrogens is 4. The van der Waals surface area contributed by atoms with Gasteiger partial charge in [0.25, 0.3) is 5.56 Å². The van der Waals surface area contributed by atoms with Crippen LogP contribution in [0.15, 0.2) is 9.59 Å². The summed E-state index contributed by atoms with van der Waals surface area (Å²) in [5, 5.41) is 0. The molecule has 8 heteroatoms.